The zero-order chi connectivity index (χ0) is 35.8. The second-order valence-corrected chi connectivity index (χ2v) is 14.7. The Morgan fingerprint density at radius 2 is 0.741 bits per heavy atom. The lowest BCUT2D eigenvalue weighted by Crippen LogP contribution is -2.10. The van der Waals surface area contributed by atoms with Gasteiger partial charge >= 0.3 is 0 Å². The van der Waals surface area contributed by atoms with Crippen molar-refractivity contribution < 1.29 is 0 Å². The van der Waals surface area contributed by atoms with Gasteiger partial charge in [0.15, 0.2) is 0 Å². The molecule has 2 heteroatoms. The second kappa shape index (κ2) is 13.7. The van der Waals surface area contributed by atoms with Gasteiger partial charge in [0.2, 0.25) is 0 Å². The van der Waals surface area contributed by atoms with Crippen molar-refractivity contribution in [3.63, 3.8) is 0 Å². The molecule has 10 rings (SSSR count). The predicted octanol–water partition coefficient (Wildman–Crippen LogP) is 15.3. The van der Waals surface area contributed by atoms with E-state index in [9.17, 15) is 0 Å². The molecule has 0 fully saturated rings. The van der Waals surface area contributed by atoms with Gasteiger partial charge in [0, 0.05) is 31.5 Å². The highest BCUT2D eigenvalue weighted by Crippen LogP contribution is 2.50. The van der Waals surface area contributed by atoms with Gasteiger partial charge in [-0.1, -0.05) is 182 Å². The van der Waals surface area contributed by atoms with Crippen LogP contribution in [0.5, 0.6) is 0 Å². The molecule has 0 unspecified atom stereocenters. The van der Waals surface area contributed by atoms with Gasteiger partial charge in [0.1, 0.15) is 0 Å². The molecular formula is C52H35NS. The van der Waals surface area contributed by atoms with Crippen LogP contribution in [0.1, 0.15) is 0 Å². The van der Waals surface area contributed by atoms with E-state index in [1.54, 1.807) is 0 Å². The van der Waals surface area contributed by atoms with E-state index in [4.69, 9.17) is 0 Å². The normalized spacial score (nSPS) is 11.3. The molecule has 0 N–H and O–H groups in total. The van der Waals surface area contributed by atoms with Crippen LogP contribution in [-0.2, 0) is 0 Å². The molecule has 9 aromatic carbocycles. The number of anilines is 3. The molecule has 0 atom stereocenters. The zero-order valence-electron chi connectivity index (χ0n) is 29.6. The first-order chi connectivity index (χ1) is 26.8. The highest BCUT2D eigenvalue weighted by atomic mass is 32.1. The van der Waals surface area contributed by atoms with E-state index in [0.29, 0.717) is 0 Å². The number of hydrogen-bond acceptors (Lipinski definition) is 2. The summed E-state index contributed by atoms with van der Waals surface area (Å²) in [5.41, 5.74) is 13.2. The van der Waals surface area contributed by atoms with E-state index in [1.807, 2.05) is 11.3 Å². The molecule has 0 aliphatic carbocycles. The third-order valence-electron chi connectivity index (χ3n) is 10.5. The summed E-state index contributed by atoms with van der Waals surface area (Å²) in [5.74, 6) is 0. The molecule has 1 aromatic heterocycles. The summed E-state index contributed by atoms with van der Waals surface area (Å²) >= 11 is 1.91. The predicted molar refractivity (Wildman–Crippen MR) is 233 cm³/mol. The number of nitrogens with zero attached hydrogens (tertiary/aromatic N) is 1. The Hall–Kier alpha value is -6.74. The van der Waals surface area contributed by atoms with Crippen LogP contribution in [0.2, 0.25) is 0 Å². The van der Waals surface area contributed by atoms with Crippen molar-refractivity contribution in [2.75, 3.05) is 4.90 Å². The average molecular weight is 706 g/mol. The van der Waals surface area contributed by atoms with Crippen molar-refractivity contribution >= 4 is 59.3 Å². The summed E-state index contributed by atoms with van der Waals surface area (Å²) < 4.78 is 2.61. The van der Waals surface area contributed by atoms with E-state index in [2.05, 4.69) is 217 Å². The smallest absolute Gasteiger partial charge is 0.0561 e. The molecule has 1 heterocycles. The Kier molecular flexibility index (Phi) is 8.09. The molecule has 0 radical (unpaired) electrons. The first kappa shape index (κ1) is 32.0. The molecule has 254 valence electrons. The molecule has 10 aromatic rings. The van der Waals surface area contributed by atoms with E-state index in [-0.39, 0.29) is 0 Å². The SMILES string of the molecule is c1ccc(-c2ccc(-c3cccc4c3sc3c5ccccc5cc(N(c5ccc(-c6ccccc6)cc5)c5ccc(-c6ccccc6)cc5)c43)cc2)cc1. The standard InChI is InChI=1S/C52H35NS/c1-4-13-36(14-5-1)39-23-25-42(26-24-39)46-21-12-22-48-50-49(35-43-19-10-11-20-47(43)52(50)54-51(46)48)53(44-31-27-40(28-32-44)37-15-6-2-7-16-37)45-33-29-41(30-34-45)38-17-8-3-9-18-38/h1-35H. The monoisotopic (exact) mass is 705 g/mol. The molecule has 0 saturated carbocycles. The summed E-state index contributed by atoms with van der Waals surface area (Å²) in [6.45, 7) is 0. The lowest BCUT2D eigenvalue weighted by molar-refractivity contribution is 1.30. The summed E-state index contributed by atoms with van der Waals surface area (Å²) in [7, 11) is 0. The Morgan fingerprint density at radius 1 is 0.315 bits per heavy atom. The first-order valence-electron chi connectivity index (χ1n) is 18.4. The number of rotatable bonds is 7. The Morgan fingerprint density at radius 3 is 1.28 bits per heavy atom. The summed E-state index contributed by atoms with van der Waals surface area (Å²) in [6, 6.07) is 77.0. The van der Waals surface area contributed by atoms with Gasteiger partial charge in [-0.3, -0.25) is 0 Å². The summed E-state index contributed by atoms with van der Waals surface area (Å²) in [4.78, 5) is 2.45. The number of hydrogen-bond donors (Lipinski definition) is 0. The van der Waals surface area contributed by atoms with Crippen LogP contribution in [0.4, 0.5) is 17.1 Å². The fourth-order valence-corrected chi connectivity index (χ4v) is 9.18. The van der Waals surface area contributed by atoms with Gasteiger partial charge in [-0.2, -0.15) is 0 Å². The highest BCUT2D eigenvalue weighted by molar-refractivity contribution is 7.27. The van der Waals surface area contributed by atoms with Crippen LogP contribution in [-0.4, -0.2) is 0 Å². The van der Waals surface area contributed by atoms with Crippen LogP contribution in [0, 0.1) is 0 Å². The molecule has 1 nitrogen and oxygen atoms in total. The number of fused-ring (bicyclic) bond motifs is 5. The van der Waals surface area contributed by atoms with Gasteiger partial charge in [-0.15, -0.1) is 11.3 Å². The highest BCUT2D eigenvalue weighted by Gasteiger charge is 2.22. The topological polar surface area (TPSA) is 3.24 Å². The van der Waals surface area contributed by atoms with Crippen LogP contribution in [0.25, 0.3) is 75.5 Å². The van der Waals surface area contributed by atoms with Crippen molar-refractivity contribution in [2.24, 2.45) is 0 Å². The van der Waals surface area contributed by atoms with Crippen LogP contribution >= 0.6 is 11.3 Å². The lowest BCUT2D eigenvalue weighted by atomic mass is 9.97. The van der Waals surface area contributed by atoms with E-state index in [0.717, 1.165) is 11.4 Å². The third kappa shape index (κ3) is 5.74. The number of thiophene rings is 1. The maximum Gasteiger partial charge on any atom is 0.0561 e. The fraction of sp³-hybridized carbons (Fsp3) is 0. The minimum absolute atomic E-state index is 1.12. The Labute approximate surface area is 319 Å². The summed E-state index contributed by atoms with van der Waals surface area (Å²) in [5, 5.41) is 5.05. The van der Waals surface area contributed by atoms with Crippen LogP contribution in [0.15, 0.2) is 212 Å². The minimum Gasteiger partial charge on any atom is -0.310 e. The Balaban J connectivity index is 1.19. The lowest BCUT2D eigenvalue weighted by Gasteiger charge is -2.27. The van der Waals surface area contributed by atoms with E-state index >= 15 is 0 Å². The minimum atomic E-state index is 1.12. The van der Waals surface area contributed by atoms with Crippen molar-refractivity contribution in [1.82, 2.24) is 0 Å². The van der Waals surface area contributed by atoms with Crippen molar-refractivity contribution in [2.45, 2.75) is 0 Å². The van der Waals surface area contributed by atoms with E-state index in [1.165, 1.54) is 81.1 Å². The molecule has 0 aliphatic heterocycles. The molecule has 0 saturated heterocycles. The van der Waals surface area contributed by atoms with Gasteiger partial charge in [0.05, 0.1) is 5.69 Å². The molecule has 0 spiro atoms. The van der Waals surface area contributed by atoms with Crippen LogP contribution < -0.4 is 4.90 Å². The van der Waals surface area contributed by atoms with Gasteiger partial charge in [-0.25, -0.2) is 0 Å². The Bertz CT molecular complexity index is 2790. The maximum absolute atomic E-state index is 2.45. The quantitative estimate of drug-likeness (QED) is 0.160. The molecule has 0 bridgehead atoms. The molecule has 54 heavy (non-hydrogen) atoms. The molecular weight excluding hydrogens is 671 g/mol. The number of benzene rings is 9. The molecule has 0 amide bonds. The van der Waals surface area contributed by atoms with Gasteiger partial charge in [-0.05, 0) is 85.6 Å². The van der Waals surface area contributed by atoms with Crippen molar-refractivity contribution in [3.05, 3.63) is 212 Å². The zero-order valence-corrected chi connectivity index (χ0v) is 30.4. The third-order valence-corrected chi connectivity index (χ3v) is 11.8. The second-order valence-electron chi connectivity index (χ2n) is 13.7. The van der Waals surface area contributed by atoms with E-state index < -0.39 is 0 Å². The summed E-state index contributed by atoms with van der Waals surface area (Å²) in [6.07, 6.45) is 0. The van der Waals surface area contributed by atoms with Gasteiger partial charge < -0.3 is 4.90 Å². The maximum atomic E-state index is 2.45. The fourth-order valence-electron chi connectivity index (χ4n) is 7.78. The van der Waals surface area contributed by atoms with Crippen molar-refractivity contribution in [1.29, 1.82) is 0 Å². The molecule has 0 aliphatic rings. The van der Waals surface area contributed by atoms with Gasteiger partial charge in [0.25, 0.3) is 0 Å². The van der Waals surface area contributed by atoms with Crippen LogP contribution in [0.3, 0.4) is 0 Å². The van der Waals surface area contributed by atoms with Crippen molar-refractivity contribution in [3.8, 4) is 44.5 Å². The average Bonchev–Trinajstić information content (AvgIpc) is 3.66. The largest absolute Gasteiger partial charge is 0.310 e. The first-order valence-corrected chi connectivity index (χ1v) is 19.2.